The monoisotopic (exact) mass is 550 g/mol. The fourth-order valence-electron chi connectivity index (χ4n) is 4.18. The summed E-state index contributed by atoms with van der Waals surface area (Å²) < 4.78 is 5.90. The number of nitro benzene ring substituents is 1. The first-order chi connectivity index (χ1) is 18.7. The molecule has 2 N–H and O–H groups in total. The lowest BCUT2D eigenvalue weighted by molar-refractivity contribution is -0.385. The van der Waals surface area contributed by atoms with Crippen LogP contribution in [0, 0.1) is 16.0 Å². The molecule has 11 heteroatoms. The van der Waals surface area contributed by atoms with Crippen molar-refractivity contribution in [3.63, 3.8) is 0 Å². The maximum atomic E-state index is 13.6. The molecule has 3 aromatic rings. The summed E-state index contributed by atoms with van der Waals surface area (Å²) in [4.78, 5) is 53.2. The maximum Gasteiger partial charge on any atom is 0.311 e. The number of rotatable bonds is 7. The van der Waals surface area contributed by atoms with Gasteiger partial charge in [0.15, 0.2) is 0 Å². The van der Waals surface area contributed by atoms with Gasteiger partial charge >= 0.3 is 5.69 Å². The van der Waals surface area contributed by atoms with Crippen molar-refractivity contribution in [2.75, 3.05) is 13.1 Å². The van der Waals surface area contributed by atoms with Crippen molar-refractivity contribution in [1.29, 1.82) is 0 Å². The zero-order chi connectivity index (χ0) is 27.9. The Hall–Kier alpha value is -4.25. The maximum absolute atomic E-state index is 13.6. The van der Waals surface area contributed by atoms with E-state index in [2.05, 4.69) is 24.5 Å². The predicted molar refractivity (Wildman–Crippen MR) is 147 cm³/mol. The highest BCUT2D eigenvalue weighted by Crippen LogP contribution is 2.33. The van der Waals surface area contributed by atoms with E-state index >= 15 is 0 Å². The van der Waals surface area contributed by atoms with Crippen molar-refractivity contribution in [2.24, 2.45) is 5.92 Å². The molecule has 10 nitrogen and oxygen atoms in total. The van der Waals surface area contributed by atoms with Crippen LogP contribution in [0.1, 0.15) is 41.1 Å². The average molecular weight is 551 g/mol. The van der Waals surface area contributed by atoms with Crippen LogP contribution < -0.4 is 15.4 Å². The van der Waals surface area contributed by atoms with E-state index in [0.29, 0.717) is 23.8 Å². The quantitative estimate of drug-likeness (QED) is 0.333. The molecule has 39 heavy (non-hydrogen) atoms. The Morgan fingerprint density at radius 1 is 1.21 bits per heavy atom. The molecule has 204 valence electrons. The number of carbonyl (C=O) groups excluding carboxylic acids is 3. The smallest absolute Gasteiger partial charge is 0.311 e. The summed E-state index contributed by atoms with van der Waals surface area (Å²) in [5, 5.41) is 19.3. The van der Waals surface area contributed by atoms with E-state index in [4.69, 9.17) is 4.74 Å². The topological polar surface area (TPSA) is 131 Å². The second kappa shape index (κ2) is 12.5. The lowest BCUT2D eigenvalue weighted by atomic mass is 10.0. The number of amides is 3. The number of hydrogen-bond donors (Lipinski definition) is 2. The van der Waals surface area contributed by atoms with E-state index in [1.165, 1.54) is 34.4 Å². The van der Waals surface area contributed by atoms with Crippen LogP contribution in [0.2, 0.25) is 0 Å². The standard InChI is InChI=1S/C28H30N4O6S/c1-18(2)10-11-29-27(34)23-14-19-5-3-6-21(13-19)38-25-15-20(8-9-24(25)32(36)37)28(35)31(17-26(33)30-23)16-22-7-4-12-39-22/h3-9,12-13,15,18,23H,10-11,14,16-17H2,1-2H3,(H,29,34)(H,30,33). The van der Waals surface area contributed by atoms with Gasteiger partial charge in [-0.1, -0.05) is 32.0 Å². The van der Waals surface area contributed by atoms with Crippen LogP contribution in [-0.2, 0) is 22.6 Å². The minimum absolute atomic E-state index is 0.0939. The molecule has 0 aliphatic carbocycles. The molecule has 0 fully saturated rings. The molecule has 2 aromatic carbocycles. The highest BCUT2D eigenvalue weighted by Gasteiger charge is 2.27. The Balaban J connectivity index is 1.72. The largest absolute Gasteiger partial charge is 0.450 e. The summed E-state index contributed by atoms with van der Waals surface area (Å²) in [6, 6.07) is 13.5. The zero-order valence-electron chi connectivity index (χ0n) is 21.7. The molecule has 0 radical (unpaired) electrons. The van der Waals surface area contributed by atoms with Gasteiger partial charge in [0.1, 0.15) is 18.3 Å². The van der Waals surface area contributed by atoms with Crippen LogP contribution in [0.5, 0.6) is 11.5 Å². The fraction of sp³-hybridized carbons (Fsp3) is 0.321. The molecule has 0 saturated heterocycles. The van der Waals surface area contributed by atoms with Crippen molar-refractivity contribution >= 4 is 34.7 Å². The minimum Gasteiger partial charge on any atom is -0.450 e. The molecule has 1 atom stereocenters. The SMILES string of the molecule is CC(C)CCNC(=O)C1Cc2cccc(c2)Oc2cc(ccc2[N+](=O)[O-])C(=O)N(Cc2cccs2)CC(=O)N1. The Labute approximate surface area is 230 Å². The second-order valence-corrected chi connectivity index (χ2v) is 10.8. The minimum atomic E-state index is -0.895. The highest BCUT2D eigenvalue weighted by atomic mass is 32.1. The number of fused-ring (bicyclic) bond motifs is 4. The predicted octanol–water partition coefficient (Wildman–Crippen LogP) is 4.29. The van der Waals surface area contributed by atoms with Crippen molar-refractivity contribution in [3.8, 4) is 11.5 Å². The lowest BCUT2D eigenvalue weighted by Crippen LogP contribution is -2.51. The summed E-state index contributed by atoms with van der Waals surface area (Å²) in [6.45, 7) is 4.42. The van der Waals surface area contributed by atoms with Crippen LogP contribution in [0.25, 0.3) is 0 Å². The number of carbonyl (C=O) groups is 3. The number of nitro groups is 1. The van der Waals surface area contributed by atoms with Gasteiger partial charge in [-0.2, -0.15) is 0 Å². The van der Waals surface area contributed by atoms with Gasteiger partial charge in [0.2, 0.25) is 17.6 Å². The molecule has 1 aliphatic heterocycles. The molecule has 0 spiro atoms. The molecule has 1 unspecified atom stereocenters. The van der Waals surface area contributed by atoms with E-state index in [0.717, 1.165) is 11.3 Å². The Kier molecular flexibility index (Phi) is 8.92. The summed E-state index contributed by atoms with van der Waals surface area (Å²) >= 11 is 1.44. The van der Waals surface area contributed by atoms with E-state index in [9.17, 15) is 24.5 Å². The van der Waals surface area contributed by atoms with Crippen LogP contribution in [-0.4, -0.2) is 46.7 Å². The molecule has 4 rings (SSSR count). The average Bonchev–Trinajstić information content (AvgIpc) is 3.40. The van der Waals surface area contributed by atoms with E-state index in [-0.39, 0.29) is 42.4 Å². The van der Waals surface area contributed by atoms with Gasteiger partial charge < -0.3 is 20.3 Å². The third-order valence-corrected chi connectivity index (χ3v) is 7.05. The molecule has 4 bridgehead atoms. The van der Waals surface area contributed by atoms with Gasteiger partial charge in [0.05, 0.1) is 11.5 Å². The van der Waals surface area contributed by atoms with Gasteiger partial charge in [0.25, 0.3) is 5.91 Å². The van der Waals surface area contributed by atoms with Crippen molar-refractivity contribution < 1.29 is 24.0 Å². The molecular formula is C28H30N4O6S. The van der Waals surface area contributed by atoms with E-state index in [1.807, 2.05) is 17.5 Å². The number of nitrogens with zero attached hydrogens (tertiary/aromatic N) is 2. The van der Waals surface area contributed by atoms with Crippen molar-refractivity contribution in [2.45, 2.75) is 39.3 Å². The zero-order valence-corrected chi connectivity index (χ0v) is 22.5. The Morgan fingerprint density at radius 3 is 2.74 bits per heavy atom. The summed E-state index contributed by atoms with van der Waals surface area (Å²) in [7, 11) is 0. The van der Waals surface area contributed by atoms with Crippen LogP contribution in [0.15, 0.2) is 60.0 Å². The van der Waals surface area contributed by atoms with Crippen LogP contribution >= 0.6 is 11.3 Å². The molecule has 2 heterocycles. The molecule has 1 aromatic heterocycles. The number of ether oxygens (including phenoxy) is 1. The number of hydrogen-bond acceptors (Lipinski definition) is 7. The third kappa shape index (κ3) is 7.41. The summed E-state index contributed by atoms with van der Waals surface area (Å²) in [5.74, 6) is -0.714. The van der Waals surface area contributed by atoms with Gasteiger partial charge in [-0.3, -0.25) is 24.5 Å². The van der Waals surface area contributed by atoms with E-state index < -0.39 is 22.8 Å². The first-order valence-electron chi connectivity index (χ1n) is 12.6. The molecule has 1 aliphatic rings. The first-order valence-corrected chi connectivity index (χ1v) is 13.5. The van der Waals surface area contributed by atoms with E-state index in [1.54, 1.807) is 24.3 Å². The van der Waals surface area contributed by atoms with Gasteiger partial charge in [-0.05, 0) is 47.5 Å². The van der Waals surface area contributed by atoms with Crippen molar-refractivity contribution in [3.05, 3.63) is 86.1 Å². The van der Waals surface area contributed by atoms with Crippen LogP contribution in [0.4, 0.5) is 5.69 Å². The molecule has 3 amide bonds. The summed E-state index contributed by atoms with van der Waals surface area (Å²) in [6.07, 6.45) is 0.951. The van der Waals surface area contributed by atoms with Crippen LogP contribution in [0.3, 0.4) is 0 Å². The van der Waals surface area contributed by atoms with Crippen molar-refractivity contribution in [1.82, 2.24) is 15.5 Å². The third-order valence-electron chi connectivity index (χ3n) is 6.19. The Bertz CT molecular complexity index is 1360. The molecular weight excluding hydrogens is 520 g/mol. The Morgan fingerprint density at radius 2 is 2.03 bits per heavy atom. The fourth-order valence-corrected chi connectivity index (χ4v) is 4.90. The summed E-state index contributed by atoms with van der Waals surface area (Å²) in [5.41, 5.74) is 0.532. The normalized spacial score (nSPS) is 15.8. The number of thiophene rings is 1. The lowest BCUT2D eigenvalue weighted by Gasteiger charge is -2.25. The molecule has 0 saturated carbocycles. The second-order valence-electron chi connectivity index (χ2n) is 9.73. The number of nitrogens with one attached hydrogen (secondary N) is 2. The van der Waals surface area contributed by atoms with Gasteiger partial charge in [0, 0.05) is 35.5 Å². The highest BCUT2D eigenvalue weighted by molar-refractivity contribution is 7.09. The van der Waals surface area contributed by atoms with Gasteiger partial charge in [-0.15, -0.1) is 11.3 Å². The number of benzene rings is 2. The first kappa shape index (κ1) is 27.8. The van der Waals surface area contributed by atoms with Gasteiger partial charge in [-0.25, -0.2) is 0 Å².